The van der Waals surface area contributed by atoms with Crippen molar-refractivity contribution < 1.29 is 14.2 Å². The van der Waals surface area contributed by atoms with Gasteiger partial charge in [0.1, 0.15) is 12.4 Å². The lowest BCUT2D eigenvalue weighted by Gasteiger charge is -2.18. The molecule has 2 aromatic rings. The molecule has 0 aromatic heterocycles. The van der Waals surface area contributed by atoms with Crippen LogP contribution >= 0.6 is 0 Å². The Morgan fingerprint density at radius 1 is 0.960 bits per heavy atom. The summed E-state index contributed by atoms with van der Waals surface area (Å²) >= 11 is 0. The van der Waals surface area contributed by atoms with Gasteiger partial charge < -0.3 is 19.5 Å². The van der Waals surface area contributed by atoms with E-state index in [0.29, 0.717) is 12.7 Å². The fraction of sp³-hybridized carbons (Fsp3) is 0.524. The van der Waals surface area contributed by atoms with Crippen LogP contribution in [0.25, 0.3) is 10.8 Å². The zero-order chi connectivity index (χ0) is 16.9. The van der Waals surface area contributed by atoms with Crippen molar-refractivity contribution in [1.82, 2.24) is 5.32 Å². The SMILES string of the molecule is c1ccc2c(CNCC3CCCO3)c(OCC3CCCO3)ccc2c1. The Labute approximate surface area is 149 Å². The van der Waals surface area contributed by atoms with Crippen molar-refractivity contribution in [2.75, 3.05) is 26.4 Å². The molecule has 4 heteroatoms. The van der Waals surface area contributed by atoms with Crippen molar-refractivity contribution >= 4 is 10.8 Å². The van der Waals surface area contributed by atoms with Gasteiger partial charge in [-0.3, -0.25) is 0 Å². The van der Waals surface area contributed by atoms with Crippen LogP contribution in [0.4, 0.5) is 0 Å². The van der Waals surface area contributed by atoms with E-state index in [0.717, 1.165) is 51.3 Å². The van der Waals surface area contributed by atoms with Crippen molar-refractivity contribution in [1.29, 1.82) is 0 Å². The summed E-state index contributed by atoms with van der Waals surface area (Å²) in [6.07, 6.45) is 5.16. The second-order valence-corrected chi connectivity index (χ2v) is 6.98. The van der Waals surface area contributed by atoms with Gasteiger partial charge in [-0.25, -0.2) is 0 Å². The predicted molar refractivity (Wildman–Crippen MR) is 99.1 cm³/mol. The zero-order valence-corrected chi connectivity index (χ0v) is 14.7. The lowest BCUT2D eigenvalue weighted by atomic mass is 10.0. The number of benzene rings is 2. The van der Waals surface area contributed by atoms with E-state index in [1.165, 1.54) is 22.8 Å². The molecule has 2 fully saturated rings. The van der Waals surface area contributed by atoms with Crippen molar-refractivity contribution in [3.63, 3.8) is 0 Å². The van der Waals surface area contributed by atoms with Crippen LogP contribution < -0.4 is 10.1 Å². The van der Waals surface area contributed by atoms with E-state index >= 15 is 0 Å². The van der Waals surface area contributed by atoms with Gasteiger partial charge in [0.15, 0.2) is 0 Å². The van der Waals surface area contributed by atoms with Crippen LogP contribution in [0.1, 0.15) is 31.2 Å². The molecule has 2 aliphatic heterocycles. The highest BCUT2D eigenvalue weighted by Gasteiger charge is 2.18. The highest BCUT2D eigenvalue weighted by atomic mass is 16.5. The summed E-state index contributed by atoms with van der Waals surface area (Å²) in [5, 5.41) is 6.08. The standard InChI is InChI=1S/C21H27NO3/c1-2-8-19-16(5-1)9-10-21(25-15-18-7-4-12-24-18)20(19)14-22-13-17-6-3-11-23-17/h1-2,5,8-10,17-18,22H,3-4,6-7,11-15H2. The Bertz CT molecular complexity index is 691. The molecule has 2 heterocycles. The molecule has 2 aromatic carbocycles. The number of ether oxygens (including phenoxy) is 3. The Kier molecular flexibility index (Phi) is 5.50. The highest BCUT2D eigenvalue weighted by molar-refractivity contribution is 5.87. The van der Waals surface area contributed by atoms with Gasteiger partial charge in [-0.1, -0.05) is 30.3 Å². The van der Waals surface area contributed by atoms with Gasteiger partial charge >= 0.3 is 0 Å². The fourth-order valence-corrected chi connectivity index (χ4v) is 3.76. The van der Waals surface area contributed by atoms with Gasteiger partial charge in [0.2, 0.25) is 0 Å². The van der Waals surface area contributed by atoms with E-state index in [2.05, 4.69) is 41.7 Å². The number of hydrogen-bond donors (Lipinski definition) is 1. The Balaban J connectivity index is 1.48. The van der Waals surface area contributed by atoms with E-state index in [-0.39, 0.29) is 6.10 Å². The van der Waals surface area contributed by atoms with Crippen LogP contribution in [0.5, 0.6) is 5.75 Å². The molecule has 0 saturated carbocycles. The average Bonchev–Trinajstić information content (AvgIpc) is 3.34. The Hall–Kier alpha value is -1.62. The molecule has 4 rings (SSSR count). The minimum absolute atomic E-state index is 0.235. The van der Waals surface area contributed by atoms with Crippen LogP contribution in [0, 0.1) is 0 Å². The summed E-state index contributed by atoms with van der Waals surface area (Å²) in [6.45, 7) is 4.09. The molecule has 25 heavy (non-hydrogen) atoms. The van der Waals surface area contributed by atoms with Crippen molar-refractivity contribution in [2.24, 2.45) is 0 Å². The number of hydrogen-bond acceptors (Lipinski definition) is 4. The minimum Gasteiger partial charge on any atom is -0.491 e. The van der Waals surface area contributed by atoms with E-state index < -0.39 is 0 Å². The van der Waals surface area contributed by atoms with Crippen LogP contribution in [0.2, 0.25) is 0 Å². The molecule has 2 unspecified atom stereocenters. The predicted octanol–water partition coefficient (Wildman–Crippen LogP) is 3.67. The van der Waals surface area contributed by atoms with Gasteiger partial charge in [-0.2, -0.15) is 0 Å². The maximum atomic E-state index is 6.16. The quantitative estimate of drug-likeness (QED) is 0.834. The molecule has 0 spiro atoms. The summed E-state index contributed by atoms with van der Waals surface area (Å²) in [4.78, 5) is 0. The van der Waals surface area contributed by atoms with E-state index in [9.17, 15) is 0 Å². The molecular formula is C21H27NO3. The molecule has 134 valence electrons. The second-order valence-electron chi connectivity index (χ2n) is 6.98. The third-order valence-electron chi connectivity index (χ3n) is 5.14. The second kappa shape index (κ2) is 8.17. The first-order chi connectivity index (χ1) is 12.4. The van der Waals surface area contributed by atoms with Crippen LogP contribution in [0.15, 0.2) is 36.4 Å². The summed E-state index contributed by atoms with van der Waals surface area (Å²) in [5.41, 5.74) is 1.23. The van der Waals surface area contributed by atoms with E-state index in [4.69, 9.17) is 14.2 Å². The average molecular weight is 341 g/mol. The summed E-state index contributed by atoms with van der Waals surface area (Å²) in [7, 11) is 0. The van der Waals surface area contributed by atoms with Gasteiger partial charge in [0, 0.05) is 31.9 Å². The smallest absolute Gasteiger partial charge is 0.124 e. The molecule has 0 bridgehead atoms. The summed E-state index contributed by atoms with van der Waals surface area (Å²) in [6, 6.07) is 12.7. The molecule has 0 aliphatic carbocycles. The van der Waals surface area contributed by atoms with Crippen molar-refractivity contribution in [3.8, 4) is 5.75 Å². The summed E-state index contributed by atoms with van der Waals surface area (Å²) < 4.78 is 17.6. The number of fused-ring (bicyclic) bond motifs is 1. The third kappa shape index (κ3) is 4.14. The van der Waals surface area contributed by atoms with Gasteiger partial charge in [0.05, 0.1) is 12.2 Å². The topological polar surface area (TPSA) is 39.7 Å². The van der Waals surface area contributed by atoms with Crippen molar-refractivity contribution in [2.45, 2.75) is 44.4 Å². The molecule has 0 amide bonds. The molecule has 0 radical (unpaired) electrons. The number of nitrogens with one attached hydrogen (secondary N) is 1. The molecular weight excluding hydrogens is 314 g/mol. The van der Waals surface area contributed by atoms with Gasteiger partial charge in [-0.15, -0.1) is 0 Å². The van der Waals surface area contributed by atoms with Gasteiger partial charge in [-0.05, 0) is 42.5 Å². The van der Waals surface area contributed by atoms with Gasteiger partial charge in [0.25, 0.3) is 0 Å². The monoisotopic (exact) mass is 341 g/mol. The first kappa shape index (κ1) is 16.8. The van der Waals surface area contributed by atoms with Crippen LogP contribution in [0.3, 0.4) is 0 Å². The maximum Gasteiger partial charge on any atom is 0.124 e. The van der Waals surface area contributed by atoms with Crippen LogP contribution in [-0.4, -0.2) is 38.6 Å². The molecule has 1 N–H and O–H groups in total. The fourth-order valence-electron chi connectivity index (χ4n) is 3.76. The number of rotatable bonds is 7. The zero-order valence-electron chi connectivity index (χ0n) is 14.7. The Morgan fingerprint density at radius 3 is 2.56 bits per heavy atom. The lowest BCUT2D eigenvalue weighted by Crippen LogP contribution is -2.26. The highest BCUT2D eigenvalue weighted by Crippen LogP contribution is 2.29. The van der Waals surface area contributed by atoms with Crippen molar-refractivity contribution in [3.05, 3.63) is 42.0 Å². The normalized spacial score (nSPS) is 23.4. The molecule has 4 nitrogen and oxygen atoms in total. The molecule has 2 atom stereocenters. The third-order valence-corrected chi connectivity index (χ3v) is 5.14. The van der Waals surface area contributed by atoms with E-state index in [1.807, 2.05) is 0 Å². The largest absolute Gasteiger partial charge is 0.491 e. The summed E-state index contributed by atoms with van der Waals surface area (Å²) in [5.74, 6) is 0.967. The minimum atomic E-state index is 0.235. The first-order valence-electron chi connectivity index (χ1n) is 9.47. The molecule has 2 aliphatic rings. The molecule has 2 saturated heterocycles. The van der Waals surface area contributed by atoms with E-state index in [1.54, 1.807) is 0 Å². The Morgan fingerprint density at radius 2 is 1.76 bits per heavy atom. The first-order valence-corrected chi connectivity index (χ1v) is 9.47. The maximum absolute atomic E-state index is 6.16. The lowest BCUT2D eigenvalue weighted by molar-refractivity contribution is 0.0676. The van der Waals surface area contributed by atoms with Crippen LogP contribution in [-0.2, 0) is 16.0 Å².